The largest absolute Gasteiger partial charge is 0.383 e. The second kappa shape index (κ2) is 6.79. The third kappa shape index (κ3) is 3.66. The molecule has 0 radical (unpaired) electrons. The molecule has 8 heteroatoms. The first-order valence-corrected chi connectivity index (χ1v) is 7.86. The lowest BCUT2D eigenvalue weighted by molar-refractivity contribution is 0.185. The Kier molecular flexibility index (Phi) is 5.05. The van der Waals surface area contributed by atoms with Gasteiger partial charge in [0, 0.05) is 20.7 Å². The first kappa shape index (κ1) is 15.6. The molecule has 114 valence electrons. The van der Waals surface area contributed by atoms with Gasteiger partial charge < -0.3 is 9.30 Å². The van der Waals surface area contributed by atoms with Gasteiger partial charge in [-0.3, -0.25) is 0 Å². The summed E-state index contributed by atoms with van der Waals surface area (Å²) < 4.78 is 32.9. The van der Waals surface area contributed by atoms with E-state index < -0.39 is 10.0 Å². The molecule has 0 bridgehead atoms. The van der Waals surface area contributed by atoms with Crippen LogP contribution >= 0.6 is 0 Å². The molecule has 0 fully saturated rings. The van der Waals surface area contributed by atoms with Crippen LogP contribution in [0.15, 0.2) is 41.6 Å². The predicted molar refractivity (Wildman–Crippen MR) is 77.0 cm³/mol. The van der Waals surface area contributed by atoms with E-state index in [2.05, 4.69) is 10.2 Å². The molecule has 2 rings (SSSR count). The first-order valence-electron chi connectivity index (χ1n) is 6.42. The Hall–Kier alpha value is -1.77. The van der Waals surface area contributed by atoms with Crippen molar-refractivity contribution in [1.29, 1.82) is 0 Å². The van der Waals surface area contributed by atoms with Crippen LogP contribution in [-0.4, -0.2) is 48.3 Å². The number of sulfonamides is 1. The minimum Gasteiger partial charge on any atom is -0.383 e. The summed E-state index contributed by atoms with van der Waals surface area (Å²) in [6.07, 6.45) is 1.57. The number of hydrogen-bond donors (Lipinski definition) is 0. The fourth-order valence-corrected chi connectivity index (χ4v) is 2.98. The zero-order valence-electron chi connectivity index (χ0n) is 12.0. The van der Waals surface area contributed by atoms with Crippen molar-refractivity contribution >= 4 is 10.0 Å². The molecule has 2 aromatic rings. The number of ether oxygens (including phenoxy) is 1. The minimum absolute atomic E-state index is 0.154. The summed E-state index contributed by atoms with van der Waals surface area (Å²) in [5.74, 6) is 0.578. The van der Waals surface area contributed by atoms with E-state index in [1.54, 1.807) is 48.3 Å². The monoisotopic (exact) mass is 310 g/mol. The Morgan fingerprint density at radius 3 is 2.67 bits per heavy atom. The number of benzene rings is 1. The molecule has 0 spiro atoms. The summed E-state index contributed by atoms with van der Waals surface area (Å²) >= 11 is 0. The van der Waals surface area contributed by atoms with E-state index in [1.807, 2.05) is 0 Å². The van der Waals surface area contributed by atoms with Crippen molar-refractivity contribution in [3.05, 3.63) is 42.5 Å². The lowest BCUT2D eigenvalue weighted by Crippen LogP contribution is -2.28. The van der Waals surface area contributed by atoms with Crippen LogP contribution < -0.4 is 0 Å². The van der Waals surface area contributed by atoms with E-state index in [-0.39, 0.29) is 11.4 Å². The molecular formula is C13H18N4O3S. The average molecular weight is 310 g/mol. The highest BCUT2D eigenvalue weighted by Crippen LogP contribution is 2.15. The lowest BCUT2D eigenvalue weighted by atomic mass is 10.4. The lowest BCUT2D eigenvalue weighted by Gasteiger charge is -2.17. The van der Waals surface area contributed by atoms with E-state index in [9.17, 15) is 8.42 Å². The van der Waals surface area contributed by atoms with Crippen LogP contribution in [0.3, 0.4) is 0 Å². The average Bonchev–Trinajstić information content (AvgIpc) is 2.93. The van der Waals surface area contributed by atoms with Crippen molar-refractivity contribution in [2.75, 3.05) is 20.8 Å². The van der Waals surface area contributed by atoms with E-state index in [0.29, 0.717) is 19.0 Å². The van der Waals surface area contributed by atoms with Gasteiger partial charge in [0.05, 0.1) is 18.0 Å². The van der Waals surface area contributed by atoms with Gasteiger partial charge in [-0.2, -0.15) is 4.31 Å². The van der Waals surface area contributed by atoms with Crippen LogP contribution in [0.1, 0.15) is 5.82 Å². The quantitative estimate of drug-likeness (QED) is 0.754. The van der Waals surface area contributed by atoms with Gasteiger partial charge in [-0.05, 0) is 12.1 Å². The number of nitrogens with zero attached hydrogens (tertiary/aromatic N) is 4. The third-order valence-corrected chi connectivity index (χ3v) is 4.87. The highest BCUT2D eigenvalue weighted by atomic mass is 32.2. The van der Waals surface area contributed by atoms with Crippen molar-refractivity contribution in [2.45, 2.75) is 18.0 Å². The first-order chi connectivity index (χ1) is 10.1. The zero-order valence-corrected chi connectivity index (χ0v) is 12.8. The maximum Gasteiger partial charge on any atom is 0.243 e. The Balaban J connectivity index is 2.15. The molecule has 21 heavy (non-hydrogen) atoms. The summed E-state index contributed by atoms with van der Waals surface area (Å²) in [7, 11) is -0.399. The SMILES string of the molecule is COCCn1cnnc1CN(C)S(=O)(=O)c1ccccc1. The normalized spacial score (nSPS) is 12.0. The van der Waals surface area contributed by atoms with Gasteiger partial charge in [-0.25, -0.2) is 8.42 Å². The van der Waals surface area contributed by atoms with Crippen molar-refractivity contribution < 1.29 is 13.2 Å². The smallest absolute Gasteiger partial charge is 0.243 e. The molecule has 0 saturated carbocycles. The second-order valence-electron chi connectivity index (χ2n) is 4.51. The molecule has 1 heterocycles. The van der Waals surface area contributed by atoms with Crippen LogP contribution in [0.25, 0.3) is 0 Å². The van der Waals surface area contributed by atoms with Crippen molar-refractivity contribution in [1.82, 2.24) is 19.1 Å². The van der Waals surface area contributed by atoms with E-state index in [4.69, 9.17) is 4.74 Å². The molecule has 0 amide bonds. The summed E-state index contributed by atoms with van der Waals surface area (Å²) in [5.41, 5.74) is 0. The minimum atomic E-state index is -3.53. The highest BCUT2D eigenvalue weighted by Gasteiger charge is 2.22. The predicted octanol–water partition coefficient (Wildman–Crippen LogP) is 0.745. The van der Waals surface area contributed by atoms with Crippen LogP contribution in [0.2, 0.25) is 0 Å². The highest BCUT2D eigenvalue weighted by molar-refractivity contribution is 7.89. The Bertz CT molecular complexity index is 670. The number of aromatic nitrogens is 3. The maximum absolute atomic E-state index is 12.4. The summed E-state index contributed by atoms with van der Waals surface area (Å²) in [6, 6.07) is 8.31. The maximum atomic E-state index is 12.4. The summed E-state index contributed by atoms with van der Waals surface area (Å²) in [5, 5.41) is 7.79. The summed E-state index contributed by atoms with van der Waals surface area (Å²) in [6.45, 7) is 1.25. The molecule has 0 atom stereocenters. The van der Waals surface area contributed by atoms with Gasteiger partial charge >= 0.3 is 0 Å². The van der Waals surface area contributed by atoms with Crippen molar-refractivity contribution in [3.63, 3.8) is 0 Å². The van der Waals surface area contributed by atoms with Gasteiger partial charge in [0.25, 0.3) is 0 Å². The standard InChI is InChI=1S/C13H18N4O3S/c1-16(21(18,19)12-6-4-3-5-7-12)10-13-15-14-11-17(13)8-9-20-2/h3-7,11H,8-10H2,1-2H3. The van der Waals surface area contributed by atoms with E-state index in [1.165, 1.54) is 11.4 Å². The fourth-order valence-electron chi connectivity index (χ4n) is 1.83. The molecule has 0 aliphatic carbocycles. The summed E-state index contributed by atoms with van der Waals surface area (Å²) in [4.78, 5) is 0.260. The second-order valence-corrected chi connectivity index (χ2v) is 6.55. The van der Waals surface area contributed by atoms with E-state index in [0.717, 1.165) is 0 Å². The molecule has 1 aromatic heterocycles. The molecule has 1 aromatic carbocycles. The van der Waals surface area contributed by atoms with E-state index >= 15 is 0 Å². The molecule has 0 unspecified atom stereocenters. The number of rotatable bonds is 7. The number of methoxy groups -OCH3 is 1. The van der Waals surface area contributed by atoms with Crippen LogP contribution in [0.4, 0.5) is 0 Å². The van der Waals surface area contributed by atoms with Gasteiger partial charge in [0.1, 0.15) is 12.2 Å². The Labute approximate surface area is 124 Å². The molecule has 0 aliphatic rings. The fraction of sp³-hybridized carbons (Fsp3) is 0.385. The molecule has 0 N–H and O–H groups in total. The van der Waals surface area contributed by atoms with Crippen molar-refractivity contribution in [2.24, 2.45) is 0 Å². The Morgan fingerprint density at radius 2 is 2.00 bits per heavy atom. The molecule has 0 saturated heterocycles. The van der Waals surface area contributed by atoms with Gasteiger partial charge in [0.15, 0.2) is 0 Å². The van der Waals surface area contributed by atoms with Crippen LogP contribution in [0.5, 0.6) is 0 Å². The number of hydrogen-bond acceptors (Lipinski definition) is 5. The van der Waals surface area contributed by atoms with Crippen LogP contribution in [0, 0.1) is 0 Å². The molecule has 0 aliphatic heterocycles. The van der Waals surface area contributed by atoms with Crippen molar-refractivity contribution in [3.8, 4) is 0 Å². The Morgan fingerprint density at radius 1 is 1.29 bits per heavy atom. The van der Waals surface area contributed by atoms with Crippen LogP contribution in [-0.2, 0) is 27.8 Å². The molecular weight excluding hydrogens is 292 g/mol. The van der Waals surface area contributed by atoms with Gasteiger partial charge in [0.2, 0.25) is 10.0 Å². The molecule has 7 nitrogen and oxygen atoms in total. The zero-order chi connectivity index (χ0) is 15.3. The third-order valence-electron chi connectivity index (χ3n) is 3.05. The van der Waals surface area contributed by atoms with Gasteiger partial charge in [-0.1, -0.05) is 18.2 Å². The van der Waals surface area contributed by atoms with Gasteiger partial charge in [-0.15, -0.1) is 10.2 Å². The topological polar surface area (TPSA) is 77.3 Å².